The van der Waals surface area contributed by atoms with Crippen LogP contribution in [0.3, 0.4) is 0 Å². The van der Waals surface area contributed by atoms with Crippen LogP contribution in [-0.4, -0.2) is 27.1 Å². The van der Waals surface area contributed by atoms with Crippen LogP contribution in [0.1, 0.15) is 18.4 Å². The molecule has 0 saturated heterocycles. The molecule has 0 radical (unpaired) electrons. The highest BCUT2D eigenvalue weighted by Crippen LogP contribution is 2.35. The predicted octanol–water partition coefficient (Wildman–Crippen LogP) is 5.45. The standard InChI is InChI=1S/C26H26N2O5S/c1-4-32-24-16-10-8-14-21(24)26-27-22(19(2)33-26)18-28(23-15-9-11-17-25(23)31-3)34(29,30)20-12-6-5-7-13-20/h5-17H,4,18H2,1-3H3. The van der Waals surface area contributed by atoms with Gasteiger partial charge in [-0.2, -0.15) is 0 Å². The van der Waals surface area contributed by atoms with Crippen molar-refractivity contribution in [3.05, 3.63) is 90.3 Å². The van der Waals surface area contributed by atoms with Crippen molar-refractivity contribution in [3.63, 3.8) is 0 Å². The summed E-state index contributed by atoms with van der Waals surface area (Å²) in [5.74, 6) is 1.97. The molecule has 1 heterocycles. The summed E-state index contributed by atoms with van der Waals surface area (Å²) in [6, 6.07) is 22.7. The van der Waals surface area contributed by atoms with E-state index in [0.717, 1.165) is 0 Å². The van der Waals surface area contributed by atoms with E-state index in [1.54, 1.807) is 61.5 Å². The molecule has 4 rings (SSSR count). The van der Waals surface area contributed by atoms with Crippen LogP contribution >= 0.6 is 0 Å². The average Bonchev–Trinajstić information content (AvgIpc) is 3.23. The van der Waals surface area contributed by atoms with E-state index >= 15 is 0 Å². The van der Waals surface area contributed by atoms with E-state index in [1.165, 1.54) is 11.4 Å². The fraction of sp³-hybridized carbons (Fsp3) is 0.192. The van der Waals surface area contributed by atoms with E-state index in [9.17, 15) is 8.42 Å². The summed E-state index contributed by atoms with van der Waals surface area (Å²) < 4.78 is 45.9. The van der Waals surface area contributed by atoms with Gasteiger partial charge in [0.2, 0.25) is 5.89 Å². The van der Waals surface area contributed by atoms with Gasteiger partial charge in [0.1, 0.15) is 23.0 Å². The highest BCUT2D eigenvalue weighted by atomic mass is 32.2. The van der Waals surface area contributed by atoms with Crippen molar-refractivity contribution in [2.75, 3.05) is 18.0 Å². The molecule has 0 aliphatic carbocycles. The van der Waals surface area contributed by atoms with Crippen molar-refractivity contribution < 1.29 is 22.3 Å². The topological polar surface area (TPSA) is 81.9 Å². The number of anilines is 1. The summed E-state index contributed by atoms with van der Waals surface area (Å²) in [5, 5.41) is 0. The van der Waals surface area contributed by atoms with Crippen LogP contribution < -0.4 is 13.8 Å². The number of para-hydroxylation sites is 3. The van der Waals surface area contributed by atoms with E-state index in [2.05, 4.69) is 4.98 Å². The van der Waals surface area contributed by atoms with Gasteiger partial charge in [-0.15, -0.1) is 0 Å². The zero-order chi connectivity index (χ0) is 24.1. The quantitative estimate of drug-likeness (QED) is 0.318. The van der Waals surface area contributed by atoms with Crippen LogP contribution in [0.2, 0.25) is 0 Å². The molecule has 3 aromatic carbocycles. The molecule has 34 heavy (non-hydrogen) atoms. The SMILES string of the molecule is CCOc1ccccc1-c1nc(CN(c2ccccc2OC)S(=O)(=O)c2ccccc2)c(C)o1. The maximum absolute atomic E-state index is 13.7. The van der Waals surface area contributed by atoms with Gasteiger partial charge in [0.05, 0.1) is 36.4 Å². The maximum Gasteiger partial charge on any atom is 0.264 e. The summed E-state index contributed by atoms with van der Waals surface area (Å²) in [4.78, 5) is 4.83. The Hall–Kier alpha value is -3.78. The number of nitrogens with zero attached hydrogens (tertiary/aromatic N) is 2. The lowest BCUT2D eigenvalue weighted by molar-refractivity contribution is 0.340. The monoisotopic (exact) mass is 478 g/mol. The minimum Gasteiger partial charge on any atom is -0.495 e. The smallest absolute Gasteiger partial charge is 0.264 e. The van der Waals surface area contributed by atoms with Crippen molar-refractivity contribution in [1.29, 1.82) is 0 Å². The Morgan fingerprint density at radius 1 is 0.912 bits per heavy atom. The average molecular weight is 479 g/mol. The minimum atomic E-state index is -3.93. The lowest BCUT2D eigenvalue weighted by Crippen LogP contribution is -2.31. The molecule has 7 nitrogen and oxygen atoms in total. The third kappa shape index (κ3) is 4.63. The van der Waals surface area contributed by atoms with Gasteiger partial charge in [0.25, 0.3) is 10.0 Å². The van der Waals surface area contributed by atoms with Gasteiger partial charge in [0, 0.05) is 0 Å². The van der Waals surface area contributed by atoms with Crippen molar-refractivity contribution in [3.8, 4) is 23.0 Å². The number of hydrogen-bond acceptors (Lipinski definition) is 6. The molecule has 0 saturated carbocycles. The third-order valence-corrected chi connectivity index (χ3v) is 7.06. The fourth-order valence-electron chi connectivity index (χ4n) is 3.61. The molecule has 0 spiro atoms. The largest absolute Gasteiger partial charge is 0.495 e. The highest BCUT2D eigenvalue weighted by Gasteiger charge is 2.29. The molecule has 1 aromatic heterocycles. The summed E-state index contributed by atoms with van der Waals surface area (Å²) in [6.45, 7) is 4.14. The first-order valence-corrected chi connectivity index (χ1v) is 12.3. The number of ether oxygens (including phenoxy) is 2. The lowest BCUT2D eigenvalue weighted by atomic mass is 10.2. The van der Waals surface area contributed by atoms with Gasteiger partial charge in [-0.05, 0) is 50.2 Å². The van der Waals surface area contributed by atoms with E-state index in [-0.39, 0.29) is 11.4 Å². The van der Waals surface area contributed by atoms with Crippen LogP contribution in [-0.2, 0) is 16.6 Å². The predicted molar refractivity (Wildman–Crippen MR) is 131 cm³/mol. The molecule has 0 atom stereocenters. The molecular weight excluding hydrogens is 452 g/mol. The molecule has 0 amide bonds. The Morgan fingerprint density at radius 2 is 1.56 bits per heavy atom. The van der Waals surface area contributed by atoms with Gasteiger partial charge in [-0.25, -0.2) is 13.4 Å². The zero-order valence-electron chi connectivity index (χ0n) is 19.3. The second-order valence-corrected chi connectivity index (χ2v) is 9.31. The van der Waals surface area contributed by atoms with Crippen LogP contribution in [0.5, 0.6) is 11.5 Å². The Bertz CT molecular complexity index is 1370. The second kappa shape index (κ2) is 10.0. The summed E-state index contributed by atoms with van der Waals surface area (Å²) in [5.41, 5.74) is 1.60. The summed E-state index contributed by atoms with van der Waals surface area (Å²) >= 11 is 0. The third-order valence-electron chi connectivity index (χ3n) is 5.29. The van der Waals surface area contributed by atoms with Crippen molar-refractivity contribution >= 4 is 15.7 Å². The summed E-state index contributed by atoms with van der Waals surface area (Å²) in [7, 11) is -2.42. The van der Waals surface area contributed by atoms with Gasteiger partial charge < -0.3 is 13.9 Å². The van der Waals surface area contributed by atoms with Gasteiger partial charge in [0.15, 0.2) is 0 Å². The Balaban J connectivity index is 1.80. The van der Waals surface area contributed by atoms with Crippen LogP contribution in [0.25, 0.3) is 11.5 Å². The zero-order valence-corrected chi connectivity index (χ0v) is 20.1. The number of oxazole rings is 1. The number of aromatic nitrogens is 1. The number of sulfonamides is 1. The Labute approximate surface area is 199 Å². The molecule has 0 bridgehead atoms. The highest BCUT2D eigenvalue weighted by molar-refractivity contribution is 7.92. The molecular formula is C26H26N2O5S. The molecule has 4 aromatic rings. The molecule has 0 aliphatic heterocycles. The molecule has 8 heteroatoms. The van der Waals surface area contributed by atoms with Gasteiger partial charge in [-0.1, -0.05) is 42.5 Å². The Kier molecular flexibility index (Phi) is 6.88. The van der Waals surface area contributed by atoms with E-state index in [4.69, 9.17) is 13.9 Å². The molecule has 0 unspecified atom stereocenters. The molecule has 0 aliphatic rings. The van der Waals surface area contributed by atoms with Crippen molar-refractivity contribution in [2.45, 2.75) is 25.3 Å². The van der Waals surface area contributed by atoms with Crippen LogP contribution in [0.4, 0.5) is 5.69 Å². The van der Waals surface area contributed by atoms with Gasteiger partial charge >= 0.3 is 0 Å². The normalized spacial score (nSPS) is 11.3. The summed E-state index contributed by atoms with van der Waals surface area (Å²) in [6.07, 6.45) is 0. The lowest BCUT2D eigenvalue weighted by Gasteiger charge is -2.25. The molecule has 0 N–H and O–H groups in total. The molecule has 0 fully saturated rings. The molecule has 176 valence electrons. The fourth-order valence-corrected chi connectivity index (χ4v) is 5.06. The minimum absolute atomic E-state index is 0.0380. The number of methoxy groups -OCH3 is 1. The first-order valence-electron chi connectivity index (χ1n) is 10.8. The van der Waals surface area contributed by atoms with Crippen molar-refractivity contribution in [1.82, 2.24) is 4.98 Å². The van der Waals surface area contributed by atoms with Crippen LogP contribution in [0, 0.1) is 6.92 Å². The van der Waals surface area contributed by atoms with E-state index in [1.807, 2.05) is 31.2 Å². The number of aryl methyl sites for hydroxylation is 1. The first-order chi connectivity index (χ1) is 16.5. The Morgan fingerprint density at radius 3 is 2.26 bits per heavy atom. The number of benzene rings is 3. The van der Waals surface area contributed by atoms with E-state index < -0.39 is 10.0 Å². The number of rotatable bonds is 9. The van der Waals surface area contributed by atoms with Gasteiger partial charge in [-0.3, -0.25) is 4.31 Å². The maximum atomic E-state index is 13.7. The second-order valence-electron chi connectivity index (χ2n) is 7.45. The van der Waals surface area contributed by atoms with Crippen LogP contribution in [0.15, 0.2) is 88.2 Å². The van der Waals surface area contributed by atoms with Crippen molar-refractivity contribution in [2.24, 2.45) is 0 Å². The first kappa shape index (κ1) is 23.4. The number of hydrogen-bond donors (Lipinski definition) is 0. The van der Waals surface area contributed by atoms with E-state index in [0.29, 0.717) is 46.7 Å².